The zero-order chi connectivity index (χ0) is 10.7. The van der Waals surface area contributed by atoms with Gasteiger partial charge in [-0.05, 0) is 6.42 Å². The number of aliphatic hydroxyl groups is 2. The first-order valence-corrected chi connectivity index (χ1v) is 4.35. The van der Waals surface area contributed by atoms with Crippen molar-refractivity contribution in [3.05, 3.63) is 0 Å². The monoisotopic (exact) mass is 203 g/mol. The largest absolute Gasteiger partial charge is 0.481 e. The van der Waals surface area contributed by atoms with Gasteiger partial charge in [-0.2, -0.15) is 0 Å². The van der Waals surface area contributed by atoms with Gasteiger partial charge in [0.25, 0.3) is 0 Å². The second kappa shape index (κ2) is 4.39. The topological polar surface area (TPSA) is 107 Å². The van der Waals surface area contributed by atoms with Gasteiger partial charge in [-0.3, -0.25) is 9.59 Å². The lowest BCUT2D eigenvalue weighted by molar-refractivity contribution is -0.140. The molecule has 0 aromatic rings. The van der Waals surface area contributed by atoms with Gasteiger partial charge in [0.05, 0.1) is 24.5 Å². The number of carbonyl (C=O) groups is 2. The molecule has 6 heteroatoms. The molecule has 0 saturated heterocycles. The summed E-state index contributed by atoms with van der Waals surface area (Å²) in [5.74, 6) is -2.39. The van der Waals surface area contributed by atoms with Crippen molar-refractivity contribution in [2.45, 2.75) is 12.5 Å². The molecule has 0 aromatic heterocycles. The first-order valence-electron chi connectivity index (χ1n) is 4.35. The number of aliphatic hydroxyl groups excluding tert-OH is 2. The number of amides is 1. The van der Waals surface area contributed by atoms with E-state index in [1.807, 2.05) is 0 Å². The number of hydrogen-bond acceptors (Lipinski definition) is 4. The van der Waals surface area contributed by atoms with Crippen LogP contribution in [0, 0.1) is 11.8 Å². The highest BCUT2D eigenvalue weighted by Gasteiger charge is 2.48. The Morgan fingerprint density at radius 2 is 2.07 bits per heavy atom. The molecule has 1 saturated carbocycles. The summed E-state index contributed by atoms with van der Waals surface area (Å²) in [5, 5.41) is 28.2. The molecule has 1 aliphatic rings. The second-order valence-electron chi connectivity index (χ2n) is 3.37. The van der Waals surface area contributed by atoms with Crippen LogP contribution in [0.2, 0.25) is 0 Å². The summed E-state index contributed by atoms with van der Waals surface area (Å²) in [6.45, 7) is -0.467. The number of hydrogen-bond donors (Lipinski definition) is 4. The third kappa shape index (κ3) is 2.68. The molecule has 0 radical (unpaired) electrons. The van der Waals surface area contributed by atoms with Crippen molar-refractivity contribution in [3.63, 3.8) is 0 Å². The van der Waals surface area contributed by atoms with Crippen LogP contribution in [0.3, 0.4) is 0 Å². The van der Waals surface area contributed by atoms with Gasteiger partial charge in [-0.1, -0.05) is 0 Å². The quantitative estimate of drug-likeness (QED) is 0.420. The number of carbonyl (C=O) groups excluding carboxylic acids is 1. The van der Waals surface area contributed by atoms with Crippen LogP contribution in [0.1, 0.15) is 6.42 Å². The number of nitrogens with one attached hydrogen (secondary N) is 1. The lowest BCUT2D eigenvalue weighted by Gasteiger charge is -2.08. The molecule has 0 heterocycles. The molecule has 6 nitrogen and oxygen atoms in total. The molecule has 1 amide bonds. The van der Waals surface area contributed by atoms with E-state index in [4.69, 9.17) is 15.3 Å². The van der Waals surface area contributed by atoms with Crippen molar-refractivity contribution in [3.8, 4) is 0 Å². The summed E-state index contributed by atoms with van der Waals surface area (Å²) in [6, 6.07) is 0. The summed E-state index contributed by atoms with van der Waals surface area (Å²) in [4.78, 5) is 21.6. The van der Waals surface area contributed by atoms with Crippen LogP contribution in [0.15, 0.2) is 0 Å². The van der Waals surface area contributed by atoms with Crippen molar-refractivity contribution in [2.75, 3.05) is 13.2 Å². The molecule has 0 bridgehead atoms. The predicted octanol–water partition coefficient (Wildman–Crippen LogP) is -1.82. The van der Waals surface area contributed by atoms with Crippen molar-refractivity contribution in [1.29, 1.82) is 0 Å². The van der Waals surface area contributed by atoms with Gasteiger partial charge in [0.15, 0.2) is 0 Å². The van der Waals surface area contributed by atoms with Gasteiger partial charge in [-0.15, -0.1) is 0 Å². The highest BCUT2D eigenvalue weighted by molar-refractivity contribution is 5.89. The van der Waals surface area contributed by atoms with Crippen LogP contribution in [-0.4, -0.2) is 46.5 Å². The molecule has 0 aromatic carbocycles. The van der Waals surface area contributed by atoms with Crippen molar-refractivity contribution >= 4 is 11.9 Å². The molecule has 14 heavy (non-hydrogen) atoms. The van der Waals surface area contributed by atoms with Crippen LogP contribution in [-0.2, 0) is 9.59 Å². The third-order valence-corrected chi connectivity index (χ3v) is 2.17. The summed E-state index contributed by atoms with van der Waals surface area (Å²) in [5.41, 5.74) is 0. The van der Waals surface area contributed by atoms with E-state index in [-0.39, 0.29) is 12.5 Å². The molecule has 1 aliphatic carbocycles. The fourth-order valence-corrected chi connectivity index (χ4v) is 1.17. The van der Waals surface area contributed by atoms with Crippen molar-refractivity contribution in [1.82, 2.24) is 5.32 Å². The number of carboxylic acids is 1. The third-order valence-electron chi connectivity index (χ3n) is 2.17. The van der Waals surface area contributed by atoms with Crippen LogP contribution in [0.25, 0.3) is 0 Å². The van der Waals surface area contributed by atoms with Gasteiger partial charge in [0.2, 0.25) is 5.91 Å². The van der Waals surface area contributed by atoms with E-state index in [2.05, 4.69) is 5.32 Å². The minimum absolute atomic E-state index is 0.0435. The van der Waals surface area contributed by atoms with E-state index in [0.717, 1.165) is 0 Å². The van der Waals surface area contributed by atoms with Crippen molar-refractivity contribution in [2.24, 2.45) is 11.8 Å². The van der Waals surface area contributed by atoms with Gasteiger partial charge in [0, 0.05) is 6.54 Å². The van der Waals surface area contributed by atoms with Crippen LogP contribution in [0.5, 0.6) is 0 Å². The van der Waals surface area contributed by atoms with Crippen molar-refractivity contribution < 1.29 is 24.9 Å². The minimum atomic E-state index is -0.985. The maximum absolute atomic E-state index is 11.2. The summed E-state index contributed by atoms with van der Waals surface area (Å²) < 4.78 is 0. The Hall–Kier alpha value is -1.14. The maximum atomic E-state index is 11.2. The highest BCUT2D eigenvalue weighted by atomic mass is 16.4. The van der Waals surface area contributed by atoms with Gasteiger partial charge in [-0.25, -0.2) is 0 Å². The van der Waals surface area contributed by atoms with E-state index in [0.29, 0.717) is 6.42 Å². The highest BCUT2D eigenvalue weighted by Crippen LogP contribution is 2.38. The molecular weight excluding hydrogens is 190 g/mol. The Labute approximate surface area is 80.5 Å². The molecule has 3 atom stereocenters. The van der Waals surface area contributed by atoms with E-state index in [1.165, 1.54) is 0 Å². The zero-order valence-electron chi connectivity index (χ0n) is 7.51. The fourth-order valence-electron chi connectivity index (χ4n) is 1.17. The Morgan fingerprint density at radius 3 is 2.50 bits per heavy atom. The standard InChI is InChI=1S/C8H13NO5/c10-3-4(11)2-9-7(12)5-1-6(5)8(13)14/h4-6,10-11H,1-3H2,(H,9,12)(H,13,14)/t4?,5-,6+/m1/s1. The Bertz CT molecular complexity index is 242. The lowest BCUT2D eigenvalue weighted by atomic mass is 10.3. The normalized spacial score (nSPS) is 26.7. The van der Waals surface area contributed by atoms with E-state index < -0.39 is 30.5 Å². The fraction of sp³-hybridized carbons (Fsp3) is 0.750. The number of carboxylic acid groups (broad SMARTS) is 1. The maximum Gasteiger partial charge on any atom is 0.307 e. The summed E-state index contributed by atoms with van der Waals surface area (Å²) in [7, 11) is 0. The number of aliphatic carboxylic acids is 1. The van der Waals surface area contributed by atoms with Gasteiger partial charge in [0.1, 0.15) is 0 Å². The second-order valence-corrected chi connectivity index (χ2v) is 3.37. The summed E-state index contributed by atoms with van der Waals surface area (Å²) >= 11 is 0. The molecule has 1 fully saturated rings. The van der Waals surface area contributed by atoms with Gasteiger partial charge < -0.3 is 20.6 Å². The van der Waals surface area contributed by atoms with Gasteiger partial charge >= 0.3 is 5.97 Å². The molecule has 80 valence electrons. The molecule has 0 aliphatic heterocycles. The molecular formula is C8H13NO5. The molecule has 0 spiro atoms. The minimum Gasteiger partial charge on any atom is -0.481 e. The number of rotatable bonds is 5. The Morgan fingerprint density at radius 1 is 1.43 bits per heavy atom. The first-order chi connectivity index (χ1) is 6.56. The molecule has 1 unspecified atom stereocenters. The molecule has 4 N–H and O–H groups in total. The lowest BCUT2D eigenvalue weighted by Crippen LogP contribution is -2.35. The van der Waals surface area contributed by atoms with Crippen LogP contribution in [0.4, 0.5) is 0 Å². The zero-order valence-corrected chi connectivity index (χ0v) is 7.51. The van der Waals surface area contributed by atoms with Crippen LogP contribution < -0.4 is 5.32 Å². The summed E-state index contributed by atoms with van der Waals surface area (Å²) in [6.07, 6.45) is -0.628. The smallest absolute Gasteiger partial charge is 0.307 e. The Kier molecular flexibility index (Phi) is 3.43. The van der Waals surface area contributed by atoms with E-state index in [1.54, 1.807) is 0 Å². The predicted molar refractivity (Wildman–Crippen MR) is 45.3 cm³/mol. The Balaban J connectivity index is 2.21. The SMILES string of the molecule is O=C(O)[C@H]1C[C@H]1C(=O)NCC(O)CO. The van der Waals surface area contributed by atoms with E-state index in [9.17, 15) is 9.59 Å². The average molecular weight is 203 g/mol. The van der Waals surface area contributed by atoms with E-state index >= 15 is 0 Å². The first kappa shape index (κ1) is 10.9. The average Bonchev–Trinajstić information content (AvgIpc) is 2.92. The van der Waals surface area contributed by atoms with Crippen LogP contribution >= 0.6 is 0 Å². The molecule has 1 rings (SSSR count).